The van der Waals surface area contributed by atoms with Crippen LogP contribution < -0.4 is 5.73 Å². The van der Waals surface area contributed by atoms with E-state index in [1.165, 1.54) is 5.57 Å². The van der Waals surface area contributed by atoms with E-state index >= 15 is 0 Å². The third-order valence-corrected chi connectivity index (χ3v) is 1.64. The van der Waals surface area contributed by atoms with E-state index in [4.69, 9.17) is 17.3 Å². The summed E-state index contributed by atoms with van der Waals surface area (Å²) >= 11 is 5.73. The average molecular weight is 183 g/mol. The van der Waals surface area contributed by atoms with Crippen molar-refractivity contribution in [1.82, 2.24) is 4.98 Å². The molecule has 0 fully saturated rings. The fourth-order valence-corrected chi connectivity index (χ4v) is 0.996. The number of hydrogen-bond donors (Lipinski definition) is 1. The van der Waals surface area contributed by atoms with Gasteiger partial charge in [-0.3, -0.25) is 0 Å². The Hall–Kier alpha value is -1.02. The van der Waals surface area contributed by atoms with Gasteiger partial charge in [-0.1, -0.05) is 17.2 Å². The molecule has 0 aliphatic carbocycles. The molecule has 0 bridgehead atoms. The first-order valence-electron chi connectivity index (χ1n) is 3.66. The summed E-state index contributed by atoms with van der Waals surface area (Å²) in [7, 11) is 0. The summed E-state index contributed by atoms with van der Waals surface area (Å²) in [6.45, 7) is 4.01. The highest BCUT2D eigenvalue weighted by atomic mass is 35.5. The molecule has 0 aromatic carbocycles. The highest BCUT2D eigenvalue weighted by Gasteiger charge is 1.96. The first kappa shape index (κ1) is 9.07. The minimum absolute atomic E-state index is 0.366. The lowest BCUT2D eigenvalue weighted by molar-refractivity contribution is 1.28. The van der Waals surface area contributed by atoms with Crippen LogP contribution in [0.15, 0.2) is 17.7 Å². The number of nitrogen functional groups attached to an aromatic ring is 1. The van der Waals surface area contributed by atoms with Crippen LogP contribution in [0.3, 0.4) is 0 Å². The number of rotatable bonds is 1. The number of pyridine rings is 1. The van der Waals surface area contributed by atoms with E-state index in [0.29, 0.717) is 10.8 Å². The summed E-state index contributed by atoms with van der Waals surface area (Å²) in [6, 6.07) is 3.60. The van der Waals surface area contributed by atoms with Crippen LogP contribution in [0.5, 0.6) is 0 Å². The first-order chi connectivity index (χ1) is 5.59. The summed E-state index contributed by atoms with van der Waals surface area (Å²) < 4.78 is 0. The molecule has 1 aromatic heterocycles. The summed E-state index contributed by atoms with van der Waals surface area (Å²) in [5.74, 6) is 0. The van der Waals surface area contributed by atoms with Crippen molar-refractivity contribution in [2.45, 2.75) is 13.8 Å². The van der Waals surface area contributed by atoms with Crippen molar-refractivity contribution >= 4 is 23.4 Å². The highest BCUT2D eigenvalue weighted by Crippen LogP contribution is 2.16. The molecule has 0 atom stereocenters. The van der Waals surface area contributed by atoms with E-state index in [1.807, 2.05) is 26.0 Å². The van der Waals surface area contributed by atoms with Gasteiger partial charge < -0.3 is 5.73 Å². The summed E-state index contributed by atoms with van der Waals surface area (Å²) in [6.07, 6.45) is 1.95. The third kappa shape index (κ3) is 2.24. The molecule has 2 N–H and O–H groups in total. The zero-order chi connectivity index (χ0) is 9.14. The summed E-state index contributed by atoms with van der Waals surface area (Å²) in [4.78, 5) is 4.08. The maximum Gasteiger partial charge on any atom is 0.152 e. The van der Waals surface area contributed by atoms with Crippen LogP contribution in [0.25, 0.3) is 6.08 Å². The van der Waals surface area contributed by atoms with Gasteiger partial charge in [-0.25, -0.2) is 4.98 Å². The maximum absolute atomic E-state index is 5.73. The number of hydrogen-bond acceptors (Lipinski definition) is 2. The Bertz CT molecular complexity index is 314. The van der Waals surface area contributed by atoms with E-state index in [2.05, 4.69) is 4.98 Å². The van der Waals surface area contributed by atoms with Crippen LogP contribution in [0.2, 0.25) is 5.15 Å². The number of aromatic nitrogens is 1. The molecule has 2 nitrogen and oxygen atoms in total. The van der Waals surface area contributed by atoms with Gasteiger partial charge in [0.1, 0.15) is 0 Å². The third-order valence-electron chi connectivity index (χ3n) is 1.34. The number of allylic oxidation sites excluding steroid dienone is 1. The second-order valence-corrected chi connectivity index (χ2v) is 3.20. The van der Waals surface area contributed by atoms with E-state index in [1.54, 1.807) is 6.07 Å². The fourth-order valence-electron chi connectivity index (χ4n) is 0.835. The first-order valence-corrected chi connectivity index (χ1v) is 4.04. The molecule has 0 saturated heterocycles. The molecule has 1 aromatic rings. The minimum atomic E-state index is 0.366. The van der Waals surface area contributed by atoms with Crippen LogP contribution in [-0.2, 0) is 0 Å². The largest absolute Gasteiger partial charge is 0.396 e. The molecule has 0 unspecified atom stereocenters. The van der Waals surface area contributed by atoms with Crippen LogP contribution >= 0.6 is 11.6 Å². The van der Waals surface area contributed by atoms with Gasteiger partial charge in [0.15, 0.2) is 5.15 Å². The maximum atomic E-state index is 5.73. The smallest absolute Gasteiger partial charge is 0.152 e. The molecule has 0 aliphatic rings. The molecular weight excluding hydrogens is 172 g/mol. The van der Waals surface area contributed by atoms with Gasteiger partial charge in [-0.05, 0) is 32.1 Å². The van der Waals surface area contributed by atoms with Gasteiger partial charge in [-0.15, -0.1) is 0 Å². The zero-order valence-corrected chi connectivity index (χ0v) is 7.89. The molecular formula is C9H11ClN2. The minimum Gasteiger partial charge on any atom is -0.396 e. The number of nitrogens with two attached hydrogens (primary N) is 1. The van der Waals surface area contributed by atoms with Gasteiger partial charge in [0.2, 0.25) is 0 Å². The molecule has 3 heteroatoms. The molecule has 64 valence electrons. The van der Waals surface area contributed by atoms with Crippen LogP contribution in [0.4, 0.5) is 5.69 Å². The normalized spacial score (nSPS) is 9.58. The Balaban J connectivity index is 3.05. The van der Waals surface area contributed by atoms with Crippen molar-refractivity contribution in [3.05, 3.63) is 28.6 Å². The van der Waals surface area contributed by atoms with E-state index in [9.17, 15) is 0 Å². The van der Waals surface area contributed by atoms with Crippen molar-refractivity contribution in [2.75, 3.05) is 5.73 Å². The second-order valence-electron chi connectivity index (χ2n) is 2.84. The Morgan fingerprint density at radius 1 is 1.50 bits per heavy atom. The van der Waals surface area contributed by atoms with Gasteiger partial charge >= 0.3 is 0 Å². The molecule has 0 saturated carbocycles. The van der Waals surface area contributed by atoms with Crippen molar-refractivity contribution in [3.8, 4) is 0 Å². The van der Waals surface area contributed by atoms with E-state index in [0.717, 1.165) is 5.69 Å². The molecule has 0 radical (unpaired) electrons. The molecule has 0 aliphatic heterocycles. The predicted octanol–water partition coefficient (Wildman–Crippen LogP) is 2.74. The molecule has 0 amide bonds. The van der Waals surface area contributed by atoms with Crippen LogP contribution in [0.1, 0.15) is 19.5 Å². The van der Waals surface area contributed by atoms with Crippen molar-refractivity contribution in [2.24, 2.45) is 0 Å². The van der Waals surface area contributed by atoms with Gasteiger partial charge in [0, 0.05) is 0 Å². The lowest BCUT2D eigenvalue weighted by Crippen LogP contribution is -1.90. The Labute approximate surface area is 77.1 Å². The molecule has 12 heavy (non-hydrogen) atoms. The highest BCUT2D eigenvalue weighted by molar-refractivity contribution is 6.31. The lowest BCUT2D eigenvalue weighted by Gasteiger charge is -1.98. The van der Waals surface area contributed by atoms with Crippen LogP contribution in [-0.4, -0.2) is 4.98 Å². The molecule has 1 rings (SSSR count). The molecule has 0 spiro atoms. The van der Waals surface area contributed by atoms with E-state index in [-0.39, 0.29) is 0 Å². The average Bonchev–Trinajstić information content (AvgIpc) is 1.96. The second kappa shape index (κ2) is 3.59. The SMILES string of the molecule is CC(C)=Cc1ccc(N)c(Cl)n1. The van der Waals surface area contributed by atoms with Gasteiger partial charge in [-0.2, -0.15) is 0 Å². The Morgan fingerprint density at radius 2 is 2.17 bits per heavy atom. The topological polar surface area (TPSA) is 38.9 Å². The Kier molecular flexibility index (Phi) is 2.71. The van der Waals surface area contributed by atoms with Crippen LogP contribution in [0, 0.1) is 0 Å². The summed E-state index contributed by atoms with van der Waals surface area (Å²) in [5.41, 5.74) is 8.05. The van der Waals surface area contributed by atoms with Gasteiger partial charge in [0.25, 0.3) is 0 Å². The van der Waals surface area contributed by atoms with Gasteiger partial charge in [0.05, 0.1) is 11.4 Å². The quantitative estimate of drug-likeness (QED) is 0.679. The predicted molar refractivity (Wildman–Crippen MR) is 53.0 cm³/mol. The number of nitrogens with zero attached hydrogens (tertiary/aromatic N) is 1. The summed E-state index contributed by atoms with van der Waals surface area (Å²) in [5, 5.41) is 0.366. The van der Waals surface area contributed by atoms with Crippen molar-refractivity contribution in [1.29, 1.82) is 0 Å². The van der Waals surface area contributed by atoms with E-state index < -0.39 is 0 Å². The Morgan fingerprint density at radius 3 is 2.67 bits per heavy atom. The monoisotopic (exact) mass is 182 g/mol. The zero-order valence-electron chi connectivity index (χ0n) is 7.13. The number of halogens is 1. The number of anilines is 1. The van der Waals surface area contributed by atoms with Crippen molar-refractivity contribution < 1.29 is 0 Å². The fraction of sp³-hybridized carbons (Fsp3) is 0.222. The molecule has 1 heterocycles. The lowest BCUT2D eigenvalue weighted by atomic mass is 10.2. The van der Waals surface area contributed by atoms with Crippen molar-refractivity contribution in [3.63, 3.8) is 0 Å². The standard InChI is InChI=1S/C9H11ClN2/c1-6(2)5-7-3-4-8(11)9(10)12-7/h3-5H,11H2,1-2H3.